The molecule has 0 radical (unpaired) electrons. The maximum absolute atomic E-state index is 13.2. The molecule has 0 aliphatic carbocycles. The van der Waals surface area contributed by atoms with Crippen LogP contribution in [-0.2, 0) is 4.79 Å². The van der Waals surface area contributed by atoms with E-state index in [-0.39, 0.29) is 11.7 Å². The Morgan fingerprint density at radius 1 is 1.00 bits per heavy atom. The Hall–Kier alpha value is -2.49. The second-order valence-electron chi connectivity index (χ2n) is 4.26. The molecule has 1 aliphatic rings. The topological polar surface area (TPSA) is 29.1 Å². The highest BCUT2D eigenvalue weighted by Gasteiger charge is 2.24. The van der Waals surface area contributed by atoms with Crippen LogP contribution in [0.4, 0.5) is 14.5 Å². The number of carbonyl (C=O) groups excluding carboxylic acids is 1. The van der Waals surface area contributed by atoms with E-state index in [1.54, 1.807) is 18.2 Å². The van der Waals surface area contributed by atoms with E-state index in [1.165, 1.54) is 30.3 Å². The number of amides is 1. The van der Waals surface area contributed by atoms with Gasteiger partial charge in [0.1, 0.15) is 11.6 Å². The molecular weight excluding hydrogens is 248 g/mol. The molecule has 0 saturated carbocycles. The summed E-state index contributed by atoms with van der Waals surface area (Å²) in [4.78, 5) is 11.8. The molecule has 0 fully saturated rings. The summed E-state index contributed by atoms with van der Waals surface area (Å²) >= 11 is 0. The third-order valence-electron chi connectivity index (χ3n) is 2.92. The Labute approximate surface area is 108 Å². The number of hydrogen-bond donors (Lipinski definition) is 1. The molecule has 2 nitrogen and oxygen atoms in total. The summed E-state index contributed by atoms with van der Waals surface area (Å²) in [6.45, 7) is 0. The van der Waals surface area contributed by atoms with Gasteiger partial charge in [0.05, 0.1) is 0 Å². The van der Waals surface area contributed by atoms with Gasteiger partial charge in [-0.05, 0) is 42.0 Å². The van der Waals surface area contributed by atoms with Crippen molar-refractivity contribution in [3.63, 3.8) is 0 Å². The minimum Gasteiger partial charge on any atom is -0.321 e. The molecule has 0 atom stereocenters. The van der Waals surface area contributed by atoms with Gasteiger partial charge in [-0.15, -0.1) is 0 Å². The molecule has 3 rings (SSSR count). The zero-order valence-corrected chi connectivity index (χ0v) is 9.78. The smallest absolute Gasteiger partial charge is 0.256 e. The first-order valence-electron chi connectivity index (χ1n) is 5.72. The summed E-state index contributed by atoms with van der Waals surface area (Å²) in [6, 6.07) is 9.96. The number of fused-ring (bicyclic) bond motifs is 1. The van der Waals surface area contributed by atoms with Gasteiger partial charge in [-0.2, -0.15) is 0 Å². The van der Waals surface area contributed by atoms with E-state index in [2.05, 4.69) is 5.32 Å². The highest BCUT2D eigenvalue weighted by molar-refractivity contribution is 6.34. The average Bonchev–Trinajstić information content (AvgIpc) is 2.66. The van der Waals surface area contributed by atoms with Crippen molar-refractivity contribution in [2.24, 2.45) is 0 Å². The van der Waals surface area contributed by atoms with E-state index in [1.807, 2.05) is 0 Å². The van der Waals surface area contributed by atoms with Crippen LogP contribution in [0, 0.1) is 11.6 Å². The summed E-state index contributed by atoms with van der Waals surface area (Å²) in [5, 5.41) is 2.64. The van der Waals surface area contributed by atoms with Crippen LogP contribution < -0.4 is 5.32 Å². The molecule has 19 heavy (non-hydrogen) atoms. The molecule has 0 spiro atoms. The molecule has 0 aromatic heterocycles. The van der Waals surface area contributed by atoms with E-state index in [9.17, 15) is 13.6 Å². The van der Waals surface area contributed by atoms with E-state index < -0.39 is 5.82 Å². The average molecular weight is 257 g/mol. The summed E-state index contributed by atoms with van der Waals surface area (Å²) in [6.07, 6.45) is 1.55. The van der Waals surface area contributed by atoms with Gasteiger partial charge >= 0.3 is 0 Å². The van der Waals surface area contributed by atoms with E-state index in [0.717, 1.165) is 0 Å². The van der Waals surface area contributed by atoms with E-state index in [0.29, 0.717) is 22.4 Å². The minimum atomic E-state index is -0.416. The lowest BCUT2D eigenvalue weighted by Gasteiger charge is -1.99. The monoisotopic (exact) mass is 257 g/mol. The van der Waals surface area contributed by atoms with Crippen LogP contribution in [0.15, 0.2) is 42.5 Å². The molecule has 0 saturated heterocycles. The van der Waals surface area contributed by atoms with Crippen molar-refractivity contribution in [2.45, 2.75) is 0 Å². The third-order valence-corrected chi connectivity index (χ3v) is 2.92. The maximum Gasteiger partial charge on any atom is 0.256 e. The highest BCUT2D eigenvalue weighted by Crippen LogP contribution is 2.33. The maximum atomic E-state index is 13.2. The number of rotatable bonds is 1. The molecule has 2 aromatic carbocycles. The molecule has 2 aromatic rings. The Kier molecular flexibility index (Phi) is 2.63. The van der Waals surface area contributed by atoms with Crippen molar-refractivity contribution in [1.82, 2.24) is 0 Å². The van der Waals surface area contributed by atoms with Gasteiger partial charge in [-0.25, -0.2) is 8.78 Å². The number of anilines is 1. The van der Waals surface area contributed by atoms with Gasteiger partial charge in [0.2, 0.25) is 0 Å². The Morgan fingerprint density at radius 2 is 1.79 bits per heavy atom. The van der Waals surface area contributed by atoms with Crippen LogP contribution in [0.5, 0.6) is 0 Å². The summed E-state index contributed by atoms with van der Waals surface area (Å²) < 4.78 is 26.3. The van der Waals surface area contributed by atoms with Crippen LogP contribution >= 0.6 is 0 Å². The summed E-state index contributed by atoms with van der Waals surface area (Å²) in [7, 11) is 0. The number of benzene rings is 2. The summed E-state index contributed by atoms with van der Waals surface area (Å²) in [5.41, 5.74) is 1.95. The first-order valence-corrected chi connectivity index (χ1v) is 5.72. The summed E-state index contributed by atoms with van der Waals surface area (Å²) in [5.74, 6) is -1.11. The lowest BCUT2D eigenvalue weighted by molar-refractivity contribution is -0.110. The molecule has 1 heterocycles. The zero-order valence-electron chi connectivity index (χ0n) is 9.78. The number of nitrogens with one attached hydrogen (secondary N) is 1. The highest BCUT2D eigenvalue weighted by atomic mass is 19.1. The van der Waals surface area contributed by atoms with E-state index >= 15 is 0 Å². The van der Waals surface area contributed by atoms with Crippen LogP contribution in [0.25, 0.3) is 11.6 Å². The van der Waals surface area contributed by atoms with Crippen LogP contribution in [0.1, 0.15) is 11.1 Å². The molecule has 0 bridgehead atoms. The molecule has 94 valence electrons. The predicted molar refractivity (Wildman–Crippen MR) is 69.3 cm³/mol. The number of halogens is 2. The quantitative estimate of drug-likeness (QED) is 0.779. The zero-order chi connectivity index (χ0) is 13.4. The van der Waals surface area contributed by atoms with Gasteiger partial charge in [0, 0.05) is 16.8 Å². The van der Waals surface area contributed by atoms with Crippen molar-refractivity contribution in [2.75, 3.05) is 5.32 Å². The normalized spacial score (nSPS) is 15.5. The standard InChI is InChI=1S/C15H9F2NO/c16-10-3-1-2-9(6-10)7-13-12-8-11(17)4-5-14(12)18-15(13)19/h1-8H,(H,18,19). The lowest BCUT2D eigenvalue weighted by atomic mass is 10.0. The molecule has 0 unspecified atom stereocenters. The van der Waals surface area contributed by atoms with Gasteiger partial charge < -0.3 is 5.32 Å². The minimum absolute atomic E-state index is 0.315. The van der Waals surface area contributed by atoms with Gasteiger partial charge in [-0.1, -0.05) is 12.1 Å². The van der Waals surface area contributed by atoms with Crippen molar-refractivity contribution in [3.8, 4) is 0 Å². The largest absolute Gasteiger partial charge is 0.321 e. The van der Waals surface area contributed by atoms with Crippen molar-refractivity contribution >= 4 is 23.2 Å². The van der Waals surface area contributed by atoms with Gasteiger partial charge in [-0.3, -0.25) is 4.79 Å². The van der Waals surface area contributed by atoms with Crippen LogP contribution in [-0.4, -0.2) is 5.91 Å². The molecule has 1 aliphatic heterocycles. The van der Waals surface area contributed by atoms with Gasteiger partial charge in [0.15, 0.2) is 0 Å². The predicted octanol–water partition coefficient (Wildman–Crippen LogP) is 3.46. The number of hydrogen-bond acceptors (Lipinski definition) is 1. The molecule has 1 amide bonds. The van der Waals surface area contributed by atoms with Crippen LogP contribution in [0.2, 0.25) is 0 Å². The second-order valence-corrected chi connectivity index (χ2v) is 4.26. The Bertz CT molecular complexity index is 707. The fourth-order valence-electron chi connectivity index (χ4n) is 2.07. The van der Waals surface area contributed by atoms with Crippen LogP contribution in [0.3, 0.4) is 0 Å². The Balaban J connectivity index is 2.11. The van der Waals surface area contributed by atoms with Crippen molar-refractivity contribution < 1.29 is 13.6 Å². The Morgan fingerprint density at radius 3 is 2.58 bits per heavy atom. The molecular formula is C15H9F2NO. The first kappa shape index (κ1) is 11.6. The SMILES string of the molecule is O=C1Nc2ccc(F)cc2C1=Cc1cccc(F)c1. The second kappa shape index (κ2) is 4.31. The van der Waals surface area contributed by atoms with Crippen molar-refractivity contribution in [1.29, 1.82) is 0 Å². The fraction of sp³-hybridized carbons (Fsp3) is 0. The first-order chi connectivity index (χ1) is 9.13. The number of carbonyl (C=O) groups is 1. The van der Waals surface area contributed by atoms with Gasteiger partial charge in [0.25, 0.3) is 5.91 Å². The molecule has 4 heteroatoms. The lowest BCUT2D eigenvalue weighted by Crippen LogP contribution is -2.03. The molecule has 1 N–H and O–H groups in total. The van der Waals surface area contributed by atoms with E-state index in [4.69, 9.17) is 0 Å². The fourth-order valence-corrected chi connectivity index (χ4v) is 2.07. The third kappa shape index (κ3) is 2.12. The van der Waals surface area contributed by atoms with Crippen molar-refractivity contribution in [3.05, 3.63) is 65.2 Å².